The molecule has 0 saturated carbocycles. The lowest BCUT2D eigenvalue weighted by atomic mass is 9.75. The van der Waals surface area contributed by atoms with Crippen molar-refractivity contribution in [2.45, 2.75) is 108 Å². The van der Waals surface area contributed by atoms with Gasteiger partial charge >= 0.3 is 11.9 Å². The molecule has 0 aromatic heterocycles. The number of cyclic esters (lactones) is 1. The minimum absolute atomic E-state index is 0.0552. The van der Waals surface area contributed by atoms with E-state index in [0.717, 1.165) is 7.11 Å². The highest BCUT2D eigenvalue weighted by Gasteiger charge is 2.79. The number of allylic oxidation sites excluding steroid dienone is 1. The van der Waals surface area contributed by atoms with E-state index in [2.05, 4.69) is 11.3 Å². The lowest BCUT2D eigenvalue weighted by Crippen LogP contribution is -2.71. The van der Waals surface area contributed by atoms with Crippen molar-refractivity contribution in [3.05, 3.63) is 12.7 Å². The van der Waals surface area contributed by atoms with Gasteiger partial charge in [0, 0.05) is 6.42 Å². The molecule has 2 rings (SSSR count). The molecular formula is C26H44O10Si2. The summed E-state index contributed by atoms with van der Waals surface area (Å²) in [5.41, 5.74) is -4.49. The maximum atomic E-state index is 13.8. The number of rotatable bonds is 11. The third kappa shape index (κ3) is 5.35. The maximum Gasteiger partial charge on any atom is 0.378 e. The summed E-state index contributed by atoms with van der Waals surface area (Å²) in [6, 6.07) is 0. The molecule has 2 heterocycles. The van der Waals surface area contributed by atoms with Gasteiger partial charge in [-0.05, 0) is 36.3 Å². The van der Waals surface area contributed by atoms with Crippen molar-refractivity contribution in [1.29, 1.82) is 0 Å². The molecule has 10 nitrogen and oxygen atoms in total. The molecule has 0 bridgehead atoms. The van der Waals surface area contributed by atoms with Crippen LogP contribution in [0.2, 0.25) is 36.3 Å². The fraction of sp³-hybridized carbons (Fsp3) is 0.769. The molecule has 0 N–H and O–H groups in total. The third-order valence-electron chi connectivity index (χ3n) is 8.44. The van der Waals surface area contributed by atoms with Crippen LogP contribution >= 0.6 is 0 Å². The van der Waals surface area contributed by atoms with Gasteiger partial charge in [0.1, 0.15) is 25.6 Å². The Kier molecular flexibility index (Phi) is 9.15. The Labute approximate surface area is 227 Å². The standard InChI is InChI=1S/C26H44O10Si2/c1-13-14-17(27)18(35-37(9,10)23(2,3)4)20(36-38(11,12)24(5,6)7)25-15-32-22(30)26(25,34-16-33-25)19(28)21(29)31-8/h13,18,20H,1,14-16H2,2-12H3/t18-,20-,25-,26-/m0/s1. The number of esters is 2. The molecule has 38 heavy (non-hydrogen) atoms. The predicted octanol–water partition coefficient (Wildman–Crippen LogP) is 3.69. The number of methoxy groups -OCH3 is 1. The van der Waals surface area contributed by atoms with Crippen molar-refractivity contribution >= 4 is 40.1 Å². The van der Waals surface area contributed by atoms with E-state index in [1.54, 1.807) is 0 Å². The van der Waals surface area contributed by atoms with Crippen LogP contribution in [0.1, 0.15) is 48.0 Å². The topological polar surface area (TPSA) is 124 Å². The van der Waals surface area contributed by atoms with E-state index in [1.807, 2.05) is 67.7 Å². The van der Waals surface area contributed by atoms with Crippen molar-refractivity contribution in [1.82, 2.24) is 0 Å². The van der Waals surface area contributed by atoms with Crippen LogP contribution in [0.15, 0.2) is 12.7 Å². The monoisotopic (exact) mass is 572 g/mol. The average molecular weight is 573 g/mol. The van der Waals surface area contributed by atoms with Crippen LogP contribution in [0.25, 0.3) is 0 Å². The number of hydrogen-bond donors (Lipinski definition) is 0. The van der Waals surface area contributed by atoms with E-state index < -0.39 is 71.2 Å². The highest BCUT2D eigenvalue weighted by Crippen LogP contribution is 2.51. The first-order chi connectivity index (χ1) is 17.1. The number of carbonyl (C=O) groups is 4. The number of ketones is 2. The van der Waals surface area contributed by atoms with Gasteiger partial charge in [-0.1, -0.05) is 47.6 Å². The Balaban J connectivity index is 2.88. The largest absolute Gasteiger partial charge is 0.463 e. The van der Waals surface area contributed by atoms with Crippen LogP contribution in [0.5, 0.6) is 0 Å². The van der Waals surface area contributed by atoms with E-state index in [9.17, 15) is 19.2 Å². The highest BCUT2D eigenvalue weighted by atomic mass is 28.4. The van der Waals surface area contributed by atoms with Crippen molar-refractivity contribution < 1.29 is 47.0 Å². The molecule has 2 saturated heterocycles. The third-order valence-corrected chi connectivity index (χ3v) is 17.3. The van der Waals surface area contributed by atoms with E-state index in [4.69, 9.17) is 23.1 Å². The maximum absolute atomic E-state index is 13.8. The zero-order valence-corrected chi connectivity index (χ0v) is 26.6. The van der Waals surface area contributed by atoms with Crippen molar-refractivity contribution in [3.8, 4) is 0 Å². The first-order valence-electron chi connectivity index (χ1n) is 12.7. The van der Waals surface area contributed by atoms with Gasteiger partial charge in [-0.15, -0.1) is 6.58 Å². The smallest absolute Gasteiger partial charge is 0.378 e. The zero-order chi connectivity index (χ0) is 29.5. The van der Waals surface area contributed by atoms with Gasteiger partial charge in [0.05, 0.1) is 7.11 Å². The average Bonchev–Trinajstić information content (AvgIpc) is 3.30. The molecule has 0 spiro atoms. The van der Waals surface area contributed by atoms with Crippen molar-refractivity contribution in [2.24, 2.45) is 0 Å². The van der Waals surface area contributed by atoms with E-state index in [-0.39, 0.29) is 22.3 Å². The van der Waals surface area contributed by atoms with E-state index in [0.29, 0.717) is 0 Å². The highest BCUT2D eigenvalue weighted by molar-refractivity contribution is 6.74. The Bertz CT molecular complexity index is 977. The quantitative estimate of drug-likeness (QED) is 0.119. The minimum atomic E-state index is -2.75. The molecule has 0 unspecified atom stereocenters. The summed E-state index contributed by atoms with van der Waals surface area (Å²) in [4.78, 5) is 53.0. The van der Waals surface area contributed by atoms with Crippen LogP contribution < -0.4 is 0 Å². The fourth-order valence-corrected chi connectivity index (χ4v) is 6.54. The summed E-state index contributed by atoms with van der Waals surface area (Å²) in [7, 11) is -4.39. The Morgan fingerprint density at radius 2 is 1.53 bits per heavy atom. The first-order valence-corrected chi connectivity index (χ1v) is 18.5. The summed E-state index contributed by atoms with van der Waals surface area (Å²) in [6.07, 6.45) is -1.20. The van der Waals surface area contributed by atoms with Gasteiger partial charge in [0.15, 0.2) is 28.0 Å². The summed E-state index contributed by atoms with van der Waals surface area (Å²) < 4.78 is 35.3. The van der Waals surface area contributed by atoms with Gasteiger partial charge in [0.25, 0.3) is 11.4 Å². The number of hydrogen-bond acceptors (Lipinski definition) is 10. The molecule has 0 aromatic carbocycles. The summed E-state index contributed by atoms with van der Waals surface area (Å²) in [5.74, 6) is -4.05. The van der Waals surface area contributed by atoms with E-state index in [1.165, 1.54) is 6.08 Å². The van der Waals surface area contributed by atoms with Crippen LogP contribution in [0.4, 0.5) is 0 Å². The molecule has 216 valence electrons. The van der Waals surface area contributed by atoms with Gasteiger partial charge in [-0.2, -0.15) is 0 Å². The second kappa shape index (κ2) is 10.7. The predicted molar refractivity (Wildman–Crippen MR) is 144 cm³/mol. The van der Waals surface area contributed by atoms with Crippen LogP contribution in [-0.4, -0.2) is 84.1 Å². The lowest BCUT2D eigenvalue weighted by Gasteiger charge is -2.49. The SMILES string of the molecule is C=CCC(=O)[C@H](O[Si](C)(C)C(C)(C)C)[C@H](O[Si](C)(C)C(C)(C)C)[C@@]12COC(=O)[C@]1(C(=O)C(=O)OC)OCO2. The van der Waals surface area contributed by atoms with Gasteiger partial charge in [-0.3, -0.25) is 9.59 Å². The summed E-state index contributed by atoms with van der Waals surface area (Å²) in [6.45, 7) is 22.7. The fourth-order valence-electron chi connectivity index (χ4n) is 3.99. The molecule has 0 aliphatic carbocycles. The van der Waals surface area contributed by atoms with Gasteiger partial charge < -0.3 is 27.8 Å². The number of carbonyl (C=O) groups excluding carboxylic acids is 4. The second-order valence-electron chi connectivity index (χ2n) is 12.9. The molecule has 0 radical (unpaired) electrons. The zero-order valence-electron chi connectivity index (χ0n) is 24.6. The molecule has 12 heteroatoms. The molecule has 4 atom stereocenters. The van der Waals surface area contributed by atoms with Gasteiger partial charge in [0.2, 0.25) is 0 Å². The van der Waals surface area contributed by atoms with Crippen LogP contribution in [0, 0.1) is 0 Å². The molecular weight excluding hydrogens is 528 g/mol. The summed E-state index contributed by atoms with van der Waals surface area (Å²) >= 11 is 0. The number of ether oxygens (including phenoxy) is 4. The Morgan fingerprint density at radius 3 is 2.00 bits per heavy atom. The second-order valence-corrected chi connectivity index (χ2v) is 22.4. The molecule has 2 aliphatic rings. The molecule has 2 aliphatic heterocycles. The van der Waals surface area contributed by atoms with Crippen molar-refractivity contribution in [2.75, 3.05) is 20.5 Å². The Hall–Kier alpha value is -1.71. The molecule has 2 fully saturated rings. The Morgan fingerprint density at radius 1 is 1.00 bits per heavy atom. The normalized spacial score (nSPS) is 25.8. The lowest BCUT2D eigenvalue weighted by molar-refractivity contribution is -0.176. The van der Waals surface area contributed by atoms with Crippen LogP contribution in [-0.2, 0) is 47.0 Å². The van der Waals surface area contributed by atoms with Gasteiger partial charge in [-0.25, -0.2) is 9.59 Å². The number of Topliss-reactive ketones (excluding diaryl/α,β-unsaturated/α-hetero) is 2. The minimum Gasteiger partial charge on any atom is -0.463 e. The number of fused-ring (bicyclic) bond motifs is 1. The van der Waals surface area contributed by atoms with Crippen molar-refractivity contribution in [3.63, 3.8) is 0 Å². The molecule has 0 amide bonds. The summed E-state index contributed by atoms with van der Waals surface area (Å²) in [5, 5.41) is -0.643. The first kappa shape index (κ1) is 32.5. The van der Waals surface area contributed by atoms with E-state index >= 15 is 0 Å². The van der Waals surface area contributed by atoms with Crippen LogP contribution in [0.3, 0.4) is 0 Å². The molecule has 0 aromatic rings.